The van der Waals surface area contributed by atoms with E-state index >= 15 is 0 Å². The van der Waals surface area contributed by atoms with Gasteiger partial charge in [-0.15, -0.1) is 0 Å². The van der Waals surface area contributed by atoms with Gasteiger partial charge in [0.15, 0.2) is 5.67 Å². The Labute approximate surface area is 241 Å². The molecule has 1 heterocycles. The summed E-state index contributed by atoms with van der Waals surface area (Å²) in [5.41, 5.74) is -0.642. The summed E-state index contributed by atoms with van der Waals surface area (Å²) < 4.78 is 51.3. The number of nitrogens with zero attached hydrogens (tertiary/aromatic N) is 3. The Balaban J connectivity index is 1.83. The fraction of sp³-hybridized carbons (Fsp3) is 0.483. The van der Waals surface area contributed by atoms with Crippen LogP contribution in [-0.4, -0.2) is 85.6 Å². The molecule has 224 valence electrons. The Hall–Kier alpha value is -3.51. The topological polar surface area (TPSA) is 114 Å². The third kappa shape index (κ3) is 7.82. The number of esters is 1. The molecule has 0 aromatic heterocycles. The van der Waals surface area contributed by atoms with Crippen LogP contribution in [0.5, 0.6) is 0 Å². The minimum atomic E-state index is -4.25. The van der Waals surface area contributed by atoms with Gasteiger partial charge in [-0.3, -0.25) is 13.9 Å². The van der Waals surface area contributed by atoms with E-state index in [9.17, 15) is 27.2 Å². The molecule has 3 rings (SSSR count). The lowest BCUT2D eigenvalue weighted by molar-refractivity contribution is -0.152. The minimum Gasteiger partial charge on any atom is -0.459 e. The molecule has 41 heavy (non-hydrogen) atoms. The van der Waals surface area contributed by atoms with Crippen LogP contribution in [0.25, 0.3) is 0 Å². The summed E-state index contributed by atoms with van der Waals surface area (Å²) >= 11 is 0. The van der Waals surface area contributed by atoms with Gasteiger partial charge < -0.3 is 14.5 Å². The number of rotatable bonds is 10. The van der Waals surface area contributed by atoms with Gasteiger partial charge in [0, 0.05) is 20.1 Å². The normalized spacial score (nSPS) is 16.5. The summed E-state index contributed by atoms with van der Waals surface area (Å²) in [5, 5.41) is 0. The molecule has 1 aliphatic heterocycles. The molecular formula is C29H38FN3O7S. The van der Waals surface area contributed by atoms with E-state index in [0.29, 0.717) is 0 Å². The van der Waals surface area contributed by atoms with Crippen LogP contribution in [0.1, 0.15) is 38.8 Å². The number of carbonyl (C=O) groups excluding carboxylic acids is 3. The highest BCUT2D eigenvalue weighted by Crippen LogP contribution is 2.26. The van der Waals surface area contributed by atoms with E-state index in [1.807, 2.05) is 30.3 Å². The predicted octanol–water partition coefficient (Wildman–Crippen LogP) is 3.74. The number of ether oxygens (including phenoxy) is 1. The highest BCUT2D eigenvalue weighted by Gasteiger charge is 2.46. The molecule has 1 saturated heterocycles. The first kappa shape index (κ1) is 32.0. The Kier molecular flexibility index (Phi) is 10.1. The molecule has 0 aliphatic carbocycles. The van der Waals surface area contributed by atoms with Crippen molar-refractivity contribution in [1.82, 2.24) is 14.7 Å². The Morgan fingerprint density at radius 3 is 2.17 bits per heavy atom. The Morgan fingerprint density at radius 1 is 1.02 bits per heavy atom. The van der Waals surface area contributed by atoms with Crippen molar-refractivity contribution in [2.24, 2.45) is 5.92 Å². The van der Waals surface area contributed by atoms with Gasteiger partial charge in [-0.05, 0) is 44.4 Å². The molecule has 1 fully saturated rings. The molecule has 0 radical (unpaired) electrons. The van der Waals surface area contributed by atoms with Crippen LogP contribution in [0.2, 0.25) is 0 Å². The lowest BCUT2D eigenvalue weighted by Crippen LogP contribution is -2.56. The summed E-state index contributed by atoms with van der Waals surface area (Å²) in [7, 11) is -2.82. The molecule has 0 unspecified atom stereocenters. The van der Waals surface area contributed by atoms with Gasteiger partial charge in [0.1, 0.15) is 25.4 Å². The largest absolute Gasteiger partial charge is 0.459 e. The van der Waals surface area contributed by atoms with Gasteiger partial charge in [-0.2, -0.15) is 8.42 Å². The zero-order chi connectivity index (χ0) is 30.5. The number of amides is 3. The molecular weight excluding hydrogens is 553 g/mol. The number of benzene rings is 2. The summed E-state index contributed by atoms with van der Waals surface area (Å²) in [6.07, 6.45) is -1.24. The third-order valence-corrected chi connectivity index (χ3v) is 8.11. The summed E-state index contributed by atoms with van der Waals surface area (Å²) in [6, 6.07) is 13.5. The number of aryl methyl sites for hydroxylation is 1. The Morgan fingerprint density at radius 2 is 1.61 bits per heavy atom. The van der Waals surface area contributed by atoms with Crippen LogP contribution in [0.4, 0.5) is 9.18 Å². The summed E-state index contributed by atoms with van der Waals surface area (Å²) in [5.74, 6) is -1.88. The average molecular weight is 592 g/mol. The molecule has 0 spiro atoms. The van der Waals surface area contributed by atoms with Crippen molar-refractivity contribution in [3.05, 3.63) is 65.7 Å². The van der Waals surface area contributed by atoms with Crippen molar-refractivity contribution in [1.29, 1.82) is 0 Å². The van der Waals surface area contributed by atoms with Gasteiger partial charge in [-0.1, -0.05) is 61.9 Å². The minimum absolute atomic E-state index is 0.0204. The average Bonchev–Trinajstić information content (AvgIpc) is 3.33. The van der Waals surface area contributed by atoms with Crippen LogP contribution in [0.15, 0.2) is 59.5 Å². The number of urea groups is 1. The maximum absolute atomic E-state index is 14.7. The van der Waals surface area contributed by atoms with Crippen molar-refractivity contribution in [3.63, 3.8) is 0 Å². The first-order chi connectivity index (χ1) is 19.1. The van der Waals surface area contributed by atoms with Crippen molar-refractivity contribution < 1.29 is 36.1 Å². The van der Waals surface area contributed by atoms with Gasteiger partial charge in [0.2, 0.25) is 0 Å². The second-order valence-electron chi connectivity index (χ2n) is 10.9. The molecule has 2 atom stereocenters. The Bertz CT molecular complexity index is 1330. The molecule has 0 bridgehead atoms. The summed E-state index contributed by atoms with van der Waals surface area (Å²) in [6.45, 7) is 6.84. The van der Waals surface area contributed by atoms with Crippen molar-refractivity contribution >= 4 is 28.0 Å². The van der Waals surface area contributed by atoms with E-state index in [-0.39, 0.29) is 30.5 Å². The quantitative estimate of drug-likeness (QED) is 0.306. The number of carbonyl (C=O) groups is 3. The van der Waals surface area contributed by atoms with E-state index in [0.717, 1.165) is 29.9 Å². The maximum atomic E-state index is 14.7. The van der Waals surface area contributed by atoms with Crippen LogP contribution >= 0.6 is 0 Å². The second-order valence-corrected chi connectivity index (χ2v) is 12.5. The molecule has 12 heteroatoms. The number of halogens is 1. The van der Waals surface area contributed by atoms with E-state index in [1.165, 1.54) is 29.0 Å². The summed E-state index contributed by atoms with van der Waals surface area (Å²) in [4.78, 5) is 43.2. The van der Waals surface area contributed by atoms with Crippen LogP contribution in [-0.2, 0) is 35.2 Å². The first-order valence-corrected chi connectivity index (χ1v) is 14.7. The van der Waals surface area contributed by atoms with Crippen LogP contribution in [0.3, 0.4) is 0 Å². The maximum Gasteiger partial charge on any atom is 0.329 e. The van der Waals surface area contributed by atoms with Gasteiger partial charge in [-0.25, -0.2) is 14.0 Å². The van der Waals surface area contributed by atoms with E-state index < -0.39 is 52.5 Å². The van der Waals surface area contributed by atoms with Gasteiger partial charge in [0.25, 0.3) is 16.0 Å². The highest BCUT2D eigenvalue weighted by molar-refractivity contribution is 7.86. The highest BCUT2D eigenvalue weighted by atomic mass is 32.2. The predicted molar refractivity (Wildman–Crippen MR) is 150 cm³/mol. The number of hydrogen-bond donors (Lipinski definition) is 0. The number of alkyl halides is 1. The van der Waals surface area contributed by atoms with Crippen molar-refractivity contribution in [2.75, 3.05) is 26.7 Å². The van der Waals surface area contributed by atoms with E-state index in [1.54, 1.807) is 32.9 Å². The fourth-order valence-corrected chi connectivity index (χ4v) is 5.51. The molecule has 10 nitrogen and oxygen atoms in total. The third-order valence-electron chi connectivity index (χ3n) is 6.81. The SMILES string of the molecule is Cc1ccc(S(=O)(=O)OC[C@H]2N(C(=O)N(C)[C@H](C(=O)OCc3ccccc3)C(C)C)CCN2C(=O)C(C)(C)F)cc1. The van der Waals surface area contributed by atoms with Crippen molar-refractivity contribution in [2.45, 2.75) is 64.0 Å². The zero-order valence-corrected chi connectivity index (χ0v) is 25.1. The monoisotopic (exact) mass is 591 g/mol. The van der Waals surface area contributed by atoms with Crippen molar-refractivity contribution in [3.8, 4) is 0 Å². The molecule has 1 aliphatic rings. The zero-order valence-electron chi connectivity index (χ0n) is 24.2. The smallest absolute Gasteiger partial charge is 0.329 e. The number of likely N-dealkylation sites (N-methyl/N-ethyl adjacent to an activating group) is 1. The van der Waals surface area contributed by atoms with Crippen LogP contribution in [0, 0.1) is 12.8 Å². The molecule has 2 aromatic carbocycles. The van der Waals surface area contributed by atoms with E-state index in [2.05, 4.69) is 0 Å². The van der Waals surface area contributed by atoms with Gasteiger partial charge >= 0.3 is 12.0 Å². The first-order valence-electron chi connectivity index (χ1n) is 13.3. The van der Waals surface area contributed by atoms with Gasteiger partial charge in [0.05, 0.1) is 4.90 Å². The fourth-order valence-electron chi connectivity index (χ4n) is 4.60. The van der Waals surface area contributed by atoms with Crippen LogP contribution < -0.4 is 0 Å². The molecule has 0 saturated carbocycles. The molecule has 0 N–H and O–H groups in total. The molecule has 3 amide bonds. The lowest BCUT2D eigenvalue weighted by atomic mass is 10.0. The number of hydrogen-bond acceptors (Lipinski definition) is 7. The second kappa shape index (κ2) is 13.0. The lowest BCUT2D eigenvalue weighted by Gasteiger charge is -2.36. The van der Waals surface area contributed by atoms with E-state index in [4.69, 9.17) is 8.92 Å². The molecule has 2 aromatic rings. The standard InChI is InChI=1S/C29H38FN3O7S/c1-20(2)25(26(34)39-18-22-10-8-7-9-11-22)31(6)28(36)33-17-16-32(27(35)29(4,5)30)24(33)19-40-41(37,38)23-14-12-21(3)13-15-23/h7-15,20,24-25H,16-19H2,1-6H3/t24-,25+/m1/s1.